The molecular formula is C15H16BrClINS. The Morgan fingerprint density at radius 1 is 1.40 bits per heavy atom. The molecule has 0 bridgehead atoms. The van der Waals surface area contributed by atoms with E-state index < -0.39 is 0 Å². The maximum absolute atomic E-state index is 6.27. The summed E-state index contributed by atoms with van der Waals surface area (Å²) in [6.45, 7) is 5.30. The van der Waals surface area contributed by atoms with Gasteiger partial charge >= 0.3 is 0 Å². The summed E-state index contributed by atoms with van der Waals surface area (Å²) < 4.78 is 2.29. The number of nitrogens with one attached hydrogen (secondary N) is 1. The van der Waals surface area contributed by atoms with Crippen molar-refractivity contribution in [3.63, 3.8) is 0 Å². The van der Waals surface area contributed by atoms with Crippen molar-refractivity contribution in [1.29, 1.82) is 0 Å². The summed E-state index contributed by atoms with van der Waals surface area (Å²) in [5, 5.41) is 4.44. The summed E-state index contributed by atoms with van der Waals surface area (Å²) in [5.74, 6) is 0. The lowest BCUT2D eigenvalue weighted by Gasteiger charge is -2.18. The van der Waals surface area contributed by atoms with Gasteiger partial charge in [0.05, 0.1) is 14.9 Å². The van der Waals surface area contributed by atoms with E-state index in [2.05, 4.69) is 82.0 Å². The van der Waals surface area contributed by atoms with Crippen molar-refractivity contribution in [2.75, 3.05) is 6.54 Å². The average Bonchev–Trinajstić information content (AvgIpc) is 2.74. The minimum absolute atomic E-state index is 0.208. The lowest BCUT2D eigenvalue weighted by molar-refractivity contribution is 0.605. The molecule has 108 valence electrons. The Bertz CT molecular complexity index is 580. The van der Waals surface area contributed by atoms with E-state index >= 15 is 0 Å². The Kier molecular flexibility index (Phi) is 6.35. The van der Waals surface area contributed by atoms with Crippen LogP contribution in [0.5, 0.6) is 0 Å². The van der Waals surface area contributed by atoms with E-state index in [-0.39, 0.29) is 6.04 Å². The smallest absolute Gasteiger partial charge is 0.0731 e. The van der Waals surface area contributed by atoms with Gasteiger partial charge in [-0.2, -0.15) is 0 Å². The fraction of sp³-hybridized carbons (Fsp3) is 0.333. The summed E-state index contributed by atoms with van der Waals surface area (Å²) in [6.07, 6.45) is 1.11. The number of hydrogen-bond donors (Lipinski definition) is 1. The van der Waals surface area contributed by atoms with Gasteiger partial charge in [-0.05, 0) is 87.7 Å². The second-order valence-corrected chi connectivity index (χ2v) is 8.64. The van der Waals surface area contributed by atoms with Crippen LogP contribution in [0.3, 0.4) is 0 Å². The van der Waals surface area contributed by atoms with Crippen LogP contribution in [0.15, 0.2) is 28.1 Å². The third-order valence-electron chi connectivity index (χ3n) is 3.04. The van der Waals surface area contributed by atoms with E-state index in [0.29, 0.717) is 0 Å². The van der Waals surface area contributed by atoms with Crippen molar-refractivity contribution in [3.05, 3.63) is 52.6 Å². The molecule has 2 aromatic rings. The van der Waals surface area contributed by atoms with E-state index in [1.165, 1.54) is 19.8 Å². The number of benzene rings is 1. The number of thiophene rings is 1. The monoisotopic (exact) mass is 483 g/mol. The minimum Gasteiger partial charge on any atom is -0.306 e. The summed E-state index contributed by atoms with van der Waals surface area (Å²) >= 11 is 13.9. The zero-order valence-electron chi connectivity index (χ0n) is 11.3. The molecule has 0 saturated heterocycles. The third kappa shape index (κ3) is 3.97. The SMILES string of the molecule is CCCNC(c1ccc(I)c(Cl)c1)c1cc(C)c(Br)s1. The van der Waals surface area contributed by atoms with Gasteiger partial charge in [-0.15, -0.1) is 11.3 Å². The molecule has 1 heterocycles. The molecule has 0 fully saturated rings. The summed E-state index contributed by atoms with van der Waals surface area (Å²) in [6, 6.07) is 8.76. The largest absolute Gasteiger partial charge is 0.306 e. The lowest BCUT2D eigenvalue weighted by atomic mass is 10.0. The quantitative estimate of drug-likeness (QED) is 0.501. The zero-order valence-corrected chi connectivity index (χ0v) is 16.7. The Labute approximate surface area is 151 Å². The molecule has 0 aliphatic rings. The molecule has 20 heavy (non-hydrogen) atoms. The van der Waals surface area contributed by atoms with Crippen molar-refractivity contribution >= 4 is 61.5 Å². The standard InChI is InChI=1S/C15H16BrClINS/c1-3-6-19-14(13-7-9(2)15(16)20-13)10-4-5-12(18)11(17)8-10/h4-5,7-8,14,19H,3,6H2,1-2H3. The molecule has 1 aromatic heterocycles. The van der Waals surface area contributed by atoms with Crippen molar-refractivity contribution < 1.29 is 0 Å². The van der Waals surface area contributed by atoms with Crippen LogP contribution in [0.4, 0.5) is 0 Å². The number of halogens is 3. The first kappa shape index (κ1) is 16.7. The van der Waals surface area contributed by atoms with Crippen molar-refractivity contribution in [1.82, 2.24) is 5.32 Å². The first-order valence-electron chi connectivity index (χ1n) is 6.47. The molecule has 1 atom stereocenters. The van der Waals surface area contributed by atoms with Gasteiger partial charge in [0, 0.05) is 8.45 Å². The van der Waals surface area contributed by atoms with E-state index in [1.54, 1.807) is 11.3 Å². The molecule has 0 radical (unpaired) electrons. The second kappa shape index (κ2) is 7.58. The van der Waals surface area contributed by atoms with Gasteiger partial charge < -0.3 is 5.32 Å². The molecule has 1 unspecified atom stereocenters. The molecule has 2 rings (SSSR count). The average molecular weight is 485 g/mol. The van der Waals surface area contributed by atoms with Crippen LogP contribution >= 0.6 is 61.5 Å². The van der Waals surface area contributed by atoms with Crippen LogP contribution in [-0.4, -0.2) is 6.54 Å². The molecule has 0 aliphatic heterocycles. The predicted octanol–water partition coefficient (Wildman–Crippen LogP) is 6.17. The van der Waals surface area contributed by atoms with Gasteiger partial charge in [0.25, 0.3) is 0 Å². The van der Waals surface area contributed by atoms with Crippen LogP contribution in [-0.2, 0) is 0 Å². The van der Waals surface area contributed by atoms with Gasteiger partial charge in [0.15, 0.2) is 0 Å². The van der Waals surface area contributed by atoms with Crippen LogP contribution in [0.25, 0.3) is 0 Å². The number of hydrogen-bond acceptors (Lipinski definition) is 2. The molecule has 0 amide bonds. The summed E-state index contributed by atoms with van der Waals surface area (Å²) in [7, 11) is 0. The van der Waals surface area contributed by atoms with Crippen molar-refractivity contribution in [3.8, 4) is 0 Å². The molecule has 0 aliphatic carbocycles. The van der Waals surface area contributed by atoms with Gasteiger partial charge in [0.2, 0.25) is 0 Å². The molecular weight excluding hydrogens is 469 g/mol. The first-order chi connectivity index (χ1) is 9.52. The minimum atomic E-state index is 0.208. The van der Waals surface area contributed by atoms with E-state index in [0.717, 1.165) is 21.6 Å². The highest BCUT2D eigenvalue weighted by molar-refractivity contribution is 14.1. The van der Waals surface area contributed by atoms with Crippen LogP contribution in [0, 0.1) is 10.5 Å². The molecule has 1 nitrogen and oxygen atoms in total. The summed E-state index contributed by atoms with van der Waals surface area (Å²) in [5.41, 5.74) is 2.50. The Hall–Kier alpha value is 0.380. The predicted molar refractivity (Wildman–Crippen MR) is 101 cm³/mol. The molecule has 0 saturated carbocycles. The van der Waals surface area contributed by atoms with E-state index in [9.17, 15) is 0 Å². The third-order valence-corrected chi connectivity index (χ3v) is 6.81. The first-order valence-corrected chi connectivity index (χ1v) is 9.53. The second-order valence-electron chi connectivity index (χ2n) is 4.67. The zero-order chi connectivity index (χ0) is 14.7. The van der Waals surface area contributed by atoms with Gasteiger partial charge in [-0.1, -0.05) is 24.6 Å². The van der Waals surface area contributed by atoms with Gasteiger partial charge in [0.1, 0.15) is 0 Å². The fourth-order valence-corrected chi connectivity index (χ4v) is 4.19. The van der Waals surface area contributed by atoms with Gasteiger partial charge in [-0.25, -0.2) is 0 Å². The van der Waals surface area contributed by atoms with Crippen LogP contribution in [0.2, 0.25) is 5.02 Å². The Balaban J connectivity index is 2.38. The topological polar surface area (TPSA) is 12.0 Å². The highest BCUT2D eigenvalue weighted by atomic mass is 127. The maximum Gasteiger partial charge on any atom is 0.0731 e. The number of rotatable bonds is 5. The Morgan fingerprint density at radius 2 is 2.15 bits per heavy atom. The van der Waals surface area contributed by atoms with Gasteiger partial charge in [-0.3, -0.25) is 0 Å². The molecule has 5 heteroatoms. The van der Waals surface area contributed by atoms with Crippen LogP contribution < -0.4 is 5.32 Å². The maximum atomic E-state index is 6.27. The van der Waals surface area contributed by atoms with E-state index in [1.807, 2.05) is 0 Å². The highest BCUT2D eigenvalue weighted by Crippen LogP contribution is 2.35. The van der Waals surface area contributed by atoms with Crippen LogP contribution in [0.1, 0.15) is 35.4 Å². The Morgan fingerprint density at radius 3 is 2.70 bits per heavy atom. The van der Waals surface area contributed by atoms with Crippen molar-refractivity contribution in [2.24, 2.45) is 0 Å². The number of aryl methyl sites for hydroxylation is 1. The van der Waals surface area contributed by atoms with E-state index in [4.69, 9.17) is 11.6 Å². The summed E-state index contributed by atoms with van der Waals surface area (Å²) in [4.78, 5) is 1.32. The van der Waals surface area contributed by atoms with Crippen molar-refractivity contribution in [2.45, 2.75) is 26.3 Å². The normalized spacial score (nSPS) is 12.7. The fourth-order valence-electron chi connectivity index (χ4n) is 1.99. The molecule has 1 N–H and O–H groups in total. The molecule has 1 aromatic carbocycles. The molecule has 0 spiro atoms. The highest BCUT2D eigenvalue weighted by Gasteiger charge is 2.17. The lowest BCUT2D eigenvalue weighted by Crippen LogP contribution is -2.22.